The topological polar surface area (TPSA) is 52.6 Å². The lowest BCUT2D eigenvalue weighted by molar-refractivity contribution is -0.117. The van der Waals surface area contributed by atoms with Crippen LogP contribution in [0.15, 0.2) is 22.7 Å². The van der Waals surface area contributed by atoms with Crippen LogP contribution in [0.1, 0.15) is 6.42 Å². The predicted octanol–water partition coefficient (Wildman–Crippen LogP) is 2.36. The fraction of sp³-hybridized carbons (Fsp3) is 0.462. The average molecular weight is 348 g/mol. The molecule has 1 fully saturated rings. The van der Waals surface area contributed by atoms with Crippen LogP contribution < -0.4 is 5.32 Å². The molecule has 0 bridgehead atoms. The van der Waals surface area contributed by atoms with Gasteiger partial charge in [-0.3, -0.25) is 9.69 Å². The van der Waals surface area contributed by atoms with Crippen molar-refractivity contribution in [2.45, 2.75) is 6.42 Å². The van der Waals surface area contributed by atoms with E-state index in [9.17, 15) is 4.79 Å². The standard InChI is InChI=1S/C13H16BrClN2O2/c14-10-1-2-12(11(15)5-10)16-13(19)7-17-4-3-9(6-17)8-18/h1-2,5,9,18H,3-4,6-8H2,(H,16,19). The number of likely N-dealkylation sites (tertiary alicyclic amines) is 1. The van der Waals surface area contributed by atoms with Crippen LogP contribution >= 0.6 is 27.5 Å². The van der Waals surface area contributed by atoms with Crippen molar-refractivity contribution < 1.29 is 9.90 Å². The zero-order valence-corrected chi connectivity index (χ0v) is 12.7. The number of amides is 1. The van der Waals surface area contributed by atoms with Crippen molar-refractivity contribution in [2.24, 2.45) is 5.92 Å². The maximum Gasteiger partial charge on any atom is 0.238 e. The number of halogens is 2. The van der Waals surface area contributed by atoms with Gasteiger partial charge in [-0.15, -0.1) is 0 Å². The minimum absolute atomic E-state index is 0.0807. The zero-order valence-electron chi connectivity index (χ0n) is 10.4. The van der Waals surface area contributed by atoms with E-state index < -0.39 is 0 Å². The minimum atomic E-state index is -0.0807. The Morgan fingerprint density at radius 2 is 2.37 bits per heavy atom. The van der Waals surface area contributed by atoms with Crippen molar-refractivity contribution >= 4 is 39.1 Å². The molecule has 1 heterocycles. The second kappa shape index (κ2) is 6.70. The number of benzene rings is 1. The first-order valence-electron chi connectivity index (χ1n) is 6.16. The van der Waals surface area contributed by atoms with E-state index >= 15 is 0 Å². The first-order chi connectivity index (χ1) is 9.08. The van der Waals surface area contributed by atoms with E-state index in [1.54, 1.807) is 12.1 Å². The van der Waals surface area contributed by atoms with Crippen LogP contribution in [-0.4, -0.2) is 42.2 Å². The van der Waals surface area contributed by atoms with Gasteiger partial charge in [0, 0.05) is 17.6 Å². The highest BCUT2D eigenvalue weighted by atomic mass is 79.9. The molecule has 1 aliphatic rings. The van der Waals surface area contributed by atoms with E-state index in [2.05, 4.69) is 21.2 Å². The monoisotopic (exact) mass is 346 g/mol. The molecule has 1 aliphatic heterocycles. The molecule has 0 aromatic heterocycles. The molecule has 6 heteroatoms. The van der Waals surface area contributed by atoms with Gasteiger partial charge in [0.05, 0.1) is 17.3 Å². The molecule has 0 aliphatic carbocycles. The van der Waals surface area contributed by atoms with E-state index in [1.165, 1.54) is 0 Å². The Labute approximate surface area is 125 Å². The van der Waals surface area contributed by atoms with Gasteiger partial charge in [-0.2, -0.15) is 0 Å². The molecule has 0 spiro atoms. The van der Waals surface area contributed by atoms with Gasteiger partial charge in [0.1, 0.15) is 0 Å². The average Bonchev–Trinajstić information content (AvgIpc) is 2.80. The number of anilines is 1. The number of aliphatic hydroxyl groups is 1. The molecule has 1 unspecified atom stereocenters. The van der Waals surface area contributed by atoms with Crippen molar-refractivity contribution in [3.8, 4) is 0 Å². The number of carbonyl (C=O) groups excluding carboxylic acids is 1. The molecule has 19 heavy (non-hydrogen) atoms. The van der Waals surface area contributed by atoms with Crippen molar-refractivity contribution in [1.29, 1.82) is 0 Å². The van der Waals surface area contributed by atoms with Crippen molar-refractivity contribution in [3.63, 3.8) is 0 Å². The minimum Gasteiger partial charge on any atom is -0.396 e. The summed E-state index contributed by atoms with van der Waals surface area (Å²) in [6.07, 6.45) is 0.947. The molecule has 0 saturated carbocycles. The fourth-order valence-corrected chi connectivity index (χ4v) is 2.91. The summed E-state index contributed by atoms with van der Waals surface area (Å²) in [5.74, 6) is 0.215. The van der Waals surface area contributed by atoms with Crippen molar-refractivity contribution in [2.75, 3.05) is 31.6 Å². The largest absolute Gasteiger partial charge is 0.396 e. The smallest absolute Gasteiger partial charge is 0.238 e. The zero-order chi connectivity index (χ0) is 13.8. The summed E-state index contributed by atoms with van der Waals surface area (Å²) in [5, 5.41) is 12.4. The number of aliphatic hydroxyl groups excluding tert-OH is 1. The Morgan fingerprint density at radius 1 is 1.58 bits per heavy atom. The highest BCUT2D eigenvalue weighted by Crippen LogP contribution is 2.25. The number of hydrogen-bond acceptors (Lipinski definition) is 3. The molecule has 1 atom stereocenters. The molecule has 2 N–H and O–H groups in total. The number of hydrogen-bond donors (Lipinski definition) is 2. The van der Waals surface area contributed by atoms with E-state index in [4.69, 9.17) is 16.7 Å². The van der Waals surface area contributed by atoms with Gasteiger partial charge in [0.2, 0.25) is 5.91 Å². The lowest BCUT2D eigenvalue weighted by atomic mass is 10.1. The van der Waals surface area contributed by atoms with E-state index in [-0.39, 0.29) is 12.5 Å². The summed E-state index contributed by atoms with van der Waals surface area (Å²) in [6, 6.07) is 5.35. The van der Waals surface area contributed by atoms with Crippen LogP contribution in [0, 0.1) is 5.92 Å². The molecule has 0 radical (unpaired) electrons. The molecule has 1 aromatic carbocycles. The number of nitrogens with one attached hydrogen (secondary N) is 1. The Kier molecular flexibility index (Phi) is 5.21. The fourth-order valence-electron chi connectivity index (χ4n) is 2.19. The lowest BCUT2D eigenvalue weighted by Gasteiger charge is -2.15. The Bertz CT molecular complexity index is 470. The third kappa shape index (κ3) is 4.18. The molecule has 104 valence electrons. The summed E-state index contributed by atoms with van der Waals surface area (Å²) in [6.45, 7) is 2.16. The third-order valence-electron chi connectivity index (χ3n) is 3.20. The first-order valence-corrected chi connectivity index (χ1v) is 7.33. The lowest BCUT2D eigenvalue weighted by Crippen LogP contribution is -2.31. The maximum atomic E-state index is 11.9. The molecular formula is C13H16BrClN2O2. The summed E-state index contributed by atoms with van der Waals surface area (Å²) in [7, 11) is 0. The van der Waals surface area contributed by atoms with Gasteiger partial charge >= 0.3 is 0 Å². The van der Waals surface area contributed by atoms with Crippen LogP contribution in [0.2, 0.25) is 5.02 Å². The van der Waals surface area contributed by atoms with Gasteiger partial charge in [-0.25, -0.2) is 0 Å². The van der Waals surface area contributed by atoms with Crippen LogP contribution in [-0.2, 0) is 4.79 Å². The van der Waals surface area contributed by atoms with Crippen LogP contribution in [0.3, 0.4) is 0 Å². The summed E-state index contributed by atoms with van der Waals surface area (Å²) in [5.41, 5.74) is 0.618. The van der Waals surface area contributed by atoms with Crippen molar-refractivity contribution in [1.82, 2.24) is 4.90 Å². The van der Waals surface area contributed by atoms with Gasteiger partial charge in [0.15, 0.2) is 0 Å². The summed E-state index contributed by atoms with van der Waals surface area (Å²) in [4.78, 5) is 14.0. The van der Waals surface area contributed by atoms with E-state index in [0.717, 1.165) is 24.0 Å². The van der Waals surface area contributed by atoms with Crippen LogP contribution in [0.4, 0.5) is 5.69 Å². The number of carbonyl (C=O) groups is 1. The predicted molar refractivity (Wildman–Crippen MR) is 79.4 cm³/mol. The van der Waals surface area contributed by atoms with Gasteiger partial charge < -0.3 is 10.4 Å². The molecular weight excluding hydrogens is 332 g/mol. The van der Waals surface area contributed by atoms with Gasteiger partial charge in [-0.1, -0.05) is 27.5 Å². The maximum absolute atomic E-state index is 11.9. The van der Waals surface area contributed by atoms with Crippen LogP contribution in [0.5, 0.6) is 0 Å². The Morgan fingerprint density at radius 3 is 3.00 bits per heavy atom. The molecule has 1 saturated heterocycles. The summed E-state index contributed by atoms with van der Waals surface area (Å²) >= 11 is 9.36. The molecule has 2 rings (SSSR count). The van der Waals surface area contributed by atoms with Gasteiger partial charge in [-0.05, 0) is 37.1 Å². The highest BCUT2D eigenvalue weighted by Gasteiger charge is 2.23. The first kappa shape index (κ1) is 14.8. The van der Waals surface area contributed by atoms with E-state index in [1.807, 2.05) is 11.0 Å². The third-order valence-corrected chi connectivity index (χ3v) is 4.01. The second-order valence-electron chi connectivity index (χ2n) is 4.74. The number of nitrogens with zero attached hydrogens (tertiary/aromatic N) is 1. The highest BCUT2D eigenvalue weighted by molar-refractivity contribution is 9.10. The van der Waals surface area contributed by atoms with E-state index in [0.29, 0.717) is 23.2 Å². The van der Waals surface area contributed by atoms with Crippen LogP contribution in [0.25, 0.3) is 0 Å². The normalized spacial score (nSPS) is 19.6. The SMILES string of the molecule is O=C(CN1CCC(CO)C1)Nc1ccc(Br)cc1Cl. The molecule has 1 amide bonds. The second-order valence-corrected chi connectivity index (χ2v) is 6.07. The van der Waals surface area contributed by atoms with Crippen molar-refractivity contribution in [3.05, 3.63) is 27.7 Å². The molecule has 1 aromatic rings. The van der Waals surface area contributed by atoms with Gasteiger partial charge in [0.25, 0.3) is 0 Å². The Hall–Kier alpha value is -0.620. The Balaban J connectivity index is 1.87. The quantitative estimate of drug-likeness (QED) is 0.879. The molecule has 4 nitrogen and oxygen atoms in total. The summed E-state index contributed by atoms with van der Waals surface area (Å²) < 4.78 is 0.876. The number of rotatable bonds is 4.